The van der Waals surface area contributed by atoms with Gasteiger partial charge in [-0.05, 0) is 19.3 Å². The first-order chi connectivity index (χ1) is 7.70. The molecule has 0 heterocycles. The SMILES string of the molecule is C=CCN(CC=C)CCC1(N)CCCCC1. The molecule has 0 aromatic heterocycles. The van der Waals surface area contributed by atoms with Gasteiger partial charge in [-0.3, -0.25) is 4.90 Å². The van der Waals surface area contributed by atoms with E-state index in [1.54, 1.807) is 0 Å². The fraction of sp³-hybridized carbons (Fsp3) is 0.714. The van der Waals surface area contributed by atoms with Crippen molar-refractivity contribution < 1.29 is 0 Å². The van der Waals surface area contributed by atoms with Crippen LogP contribution >= 0.6 is 0 Å². The van der Waals surface area contributed by atoms with Gasteiger partial charge >= 0.3 is 0 Å². The van der Waals surface area contributed by atoms with Crippen molar-refractivity contribution in [2.45, 2.75) is 44.1 Å². The van der Waals surface area contributed by atoms with Gasteiger partial charge < -0.3 is 5.73 Å². The van der Waals surface area contributed by atoms with Crippen LogP contribution in [0.15, 0.2) is 25.3 Å². The highest BCUT2D eigenvalue weighted by molar-refractivity contribution is 4.89. The highest BCUT2D eigenvalue weighted by Gasteiger charge is 2.27. The third-order valence-electron chi connectivity index (χ3n) is 3.55. The van der Waals surface area contributed by atoms with E-state index in [0.717, 1.165) is 26.1 Å². The van der Waals surface area contributed by atoms with Crippen LogP contribution in [0.1, 0.15) is 38.5 Å². The molecule has 1 rings (SSSR count). The second-order valence-corrected chi connectivity index (χ2v) is 5.01. The van der Waals surface area contributed by atoms with Crippen molar-refractivity contribution in [3.05, 3.63) is 25.3 Å². The molecule has 2 nitrogen and oxygen atoms in total. The lowest BCUT2D eigenvalue weighted by molar-refractivity contribution is 0.229. The van der Waals surface area contributed by atoms with Gasteiger partial charge in [-0.2, -0.15) is 0 Å². The number of rotatable bonds is 7. The van der Waals surface area contributed by atoms with E-state index < -0.39 is 0 Å². The summed E-state index contributed by atoms with van der Waals surface area (Å²) in [6.07, 6.45) is 11.4. The minimum atomic E-state index is 0.0961. The maximum atomic E-state index is 6.42. The first-order valence-corrected chi connectivity index (χ1v) is 6.43. The Balaban J connectivity index is 2.34. The largest absolute Gasteiger partial charge is 0.325 e. The summed E-state index contributed by atoms with van der Waals surface area (Å²) in [5.41, 5.74) is 6.52. The quantitative estimate of drug-likeness (QED) is 0.671. The average molecular weight is 222 g/mol. The molecule has 0 aromatic carbocycles. The van der Waals surface area contributed by atoms with Gasteiger partial charge in [0.15, 0.2) is 0 Å². The van der Waals surface area contributed by atoms with Crippen molar-refractivity contribution in [3.8, 4) is 0 Å². The average Bonchev–Trinajstić information content (AvgIpc) is 2.28. The standard InChI is InChI=1S/C14H26N2/c1-3-11-16(12-4-2)13-10-14(15)8-6-5-7-9-14/h3-4H,1-2,5-13,15H2. The van der Waals surface area contributed by atoms with E-state index in [9.17, 15) is 0 Å². The van der Waals surface area contributed by atoms with E-state index in [4.69, 9.17) is 5.73 Å². The monoisotopic (exact) mass is 222 g/mol. The zero-order valence-corrected chi connectivity index (χ0v) is 10.5. The molecular weight excluding hydrogens is 196 g/mol. The van der Waals surface area contributed by atoms with Crippen LogP contribution in [-0.4, -0.2) is 30.1 Å². The molecule has 2 heteroatoms. The summed E-state index contributed by atoms with van der Waals surface area (Å²) in [5.74, 6) is 0. The van der Waals surface area contributed by atoms with Crippen molar-refractivity contribution in [2.75, 3.05) is 19.6 Å². The molecule has 0 atom stereocenters. The van der Waals surface area contributed by atoms with E-state index in [2.05, 4.69) is 18.1 Å². The molecular formula is C14H26N2. The Morgan fingerprint density at radius 2 is 1.62 bits per heavy atom. The summed E-state index contributed by atoms with van der Waals surface area (Å²) in [7, 11) is 0. The molecule has 0 radical (unpaired) electrons. The highest BCUT2D eigenvalue weighted by Crippen LogP contribution is 2.28. The molecule has 92 valence electrons. The van der Waals surface area contributed by atoms with Crippen LogP contribution in [0, 0.1) is 0 Å². The van der Waals surface area contributed by atoms with Gasteiger partial charge in [0.05, 0.1) is 0 Å². The molecule has 0 spiro atoms. The molecule has 0 saturated heterocycles. The topological polar surface area (TPSA) is 29.3 Å². The fourth-order valence-electron chi connectivity index (χ4n) is 2.51. The van der Waals surface area contributed by atoms with Crippen molar-refractivity contribution in [2.24, 2.45) is 5.73 Å². The molecule has 1 aliphatic rings. The van der Waals surface area contributed by atoms with Crippen LogP contribution in [-0.2, 0) is 0 Å². The van der Waals surface area contributed by atoms with Gasteiger partial charge in [0.25, 0.3) is 0 Å². The lowest BCUT2D eigenvalue weighted by atomic mass is 9.80. The van der Waals surface area contributed by atoms with Crippen molar-refractivity contribution >= 4 is 0 Å². The predicted octanol–water partition coefficient (Wildman–Crippen LogP) is 2.71. The minimum absolute atomic E-state index is 0.0961. The van der Waals surface area contributed by atoms with E-state index >= 15 is 0 Å². The Morgan fingerprint density at radius 1 is 1.06 bits per heavy atom. The van der Waals surface area contributed by atoms with E-state index in [1.165, 1.54) is 32.1 Å². The Hall–Kier alpha value is -0.600. The maximum Gasteiger partial charge on any atom is 0.0166 e. The van der Waals surface area contributed by atoms with Gasteiger partial charge in [-0.15, -0.1) is 13.2 Å². The van der Waals surface area contributed by atoms with Gasteiger partial charge in [0.1, 0.15) is 0 Å². The molecule has 1 aliphatic carbocycles. The lowest BCUT2D eigenvalue weighted by Gasteiger charge is -2.35. The Labute approximate surface area is 100 Å². The molecule has 1 saturated carbocycles. The summed E-state index contributed by atoms with van der Waals surface area (Å²) in [4.78, 5) is 2.35. The number of hydrogen-bond acceptors (Lipinski definition) is 2. The van der Waals surface area contributed by atoms with Gasteiger partial charge in [-0.1, -0.05) is 31.4 Å². The smallest absolute Gasteiger partial charge is 0.0166 e. The van der Waals surface area contributed by atoms with Gasteiger partial charge in [0.2, 0.25) is 0 Å². The van der Waals surface area contributed by atoms with Gasteiger partial charge in [0, 0.05) is 25.2 Å². The first kappa shape index (κ1) is 13.5. The Bertz CT molecular complexity index is 207. The molecule has 0 bridgehead atoms. The number of nitrogens with zero attached hydrogens (tertiary/aromatic N) is 1. The normalized spacial score (nSPS) is 19.6. The zero-order chi connectivity index (χ0) is 11.9. The van der Waals surface area contributed by atoms with Crippen molar-refractivity contribution in [3.63, 3.8) is 0 Å². The summed E-state index contributed by atoms with van der Waals surface area (Å²) < 4.78 is 0. The minimum Gasteiger partial charge on any atom is -0.325 e. The van der Waals surface area contributed by atoms with E-state index in [-0.39, 0.29) is 5.54 Å². The van der Waals surface area contributed by atoms with Crippen molar-refractivity contribution in [1.82, 2.24) is 4.90 Å². The molecule has 16 heavy (non-hydrogen) atoms. The number of nitrogens with two attached hydrogens (primary N) is 1. The van der Waals surface area contributed by atoms with Crippen molar-refractivity contribution in [1.29, 1.82) is 0 Å². The lowest BCUT2D eigenvalue weighted by Crippen LogP contribution is -2.44. The van der Waals surface area contributed by atoms with Crippen LogP contribution in [0.25, 0.3) is 0 Å². The first-order valence-electron chi connectivity index (χ1n) is 6.43. The van der Waals surface area contributed by atoms with Crippen LogP contribution in [0.2, 0.25) is 0 Å². The molecule has 1 fully saturated rings. The summed E-state index contributed by atoms with van der Waals surface area (Å²) >= 11 is 0. The van der Waals surface area contributed by atoms with E-state index in [0.29, 0.717) is 0 Å². The maximum absolute atomic E-state index is 6.42. The number of hydrogen-bond donors (Lipinski definition) is 1. The van der Waals surface area contributed by atoms with Crippen LogP contribution < -0.4 is 5.73 Å². The summed E-state index contributed by atoms with van der Waals surface area (Å²) in [6.45, 7) is 10.5. The van der Waals surface area contributed by atoms with E-state index in [1.807, 2.05) is 12.2 Å². The summed E-state index contributed by atoms with van der Waals surface area (Å²) in [5, 5.41) is 0. The van der Waals surface area contributed by atoms with Gasteiger partial charge in [-0.25, -0.2) is 0 Å². The molecule has 0 aromatic rings. The Morgan fingerprint density at radius 3 is 2.12 bits per heavy atom. The third-order valence-corrected chi connectivity index (χ3v) is 3.55. The second-order valence-electron chi connectivity index (χ2n) is 5.01. The second kappa shape index (κ2) is 6.87. The van der Waals surface area contributed by atoms with Crippen LogP contribution in [0.4, 0.5) is 0 Å². The fourth-order valence-corrected chi connectivity index (χ4v) is 2.51. The van der Waals surface area contributed by atoms with Crippen LogP contribution in [0.3, 0.4) is 0 Å². The van der Waals surface area contributed by atoms with Crippen LogP contribution in [0.5, 0.6) is 0 Å². The molecule has 2 N–H and O–H groups in total. The third kappa shape index (κ3) is 4.50. The Kier molecular flexibility index (Phi) is 5.78. The molecule has 0 amide bonds. The predicted molar refractivity (Wildman–Crippen MR) is 71.5 cm³/mol. The summed E-state index contributed by atoms with van der Waals surface area (Å²) in [6, 6.07) is 0. The highest BCUT2D eigenvalue weighted by atomic mass is 15.1. The zero-order valence-electron chi connectivity index (χ0n) is 10.5. The molecule has 0 unspecified atom stereocenters. The molecule has 0 aliphatic heterocycles.